The first-order valence-corrected chi connectivity index (χ1v) is 5.50. The average Bonchev–Trinajstić information content (AvgIpc) is 2.08. The van der Waals surface area contributed by atoms with Crippen LogP contribution in [0.4, 0.5) is 4.39 Å². The fourth-order valence-electron chi connectivity index (χ4n) is 1.39. The maximum absolute atomic E-state index is 12.9. The summed E-state index contributed by atoms with van der Waals surface area (Å²) in [6.45, 7) is 4.25. The number of hydrogen-bond donors (Lipinski definition) is 1. The molecule has 0 radical (unpaired) electrons. The molecule has 0 aromatic heterocycles. The minimum Gasteiger partial charge on any atom is -0.324 e. The molecule has 0 saturated heterocycles. The fourth-order valence-corrected chi connectivity index (χ4v) is 1.78. The van der Waals surface area contributed by atoms with Gasteiger partial charge in [0.15, 0.2) is 0 Å². The van der Waals surface area contributed by atoms with Crippen molar-refractivity contribution in [1.29, 1.82) is 0 Å². The van der Waals surface area contributed by atoms with E-state index in [0.29, 0.717) is 10.4 Å². The van der Waals surface area contributed by atoms with E-state index in [2.05, 4.69) is 29.8 Å². The van der Waals surface area contributed by atoms with Crippen molar-refractivity contribution in [2.24, 2.45) is 11.7 Å². The second kappa shape index (κ2) is 4.89. The van der Waals surface area contributed by atoms with Gasteiger partial charge in [0.25, 0.3) is 0 Å². The van der Waals surface area contributed by atoms with E-state index in [-0.39, 0.29) is 11.9 Å². The molecule has 1 aromatic carbocycles. The van der Waals surface area contributed by atoms with Gasteiger partial charge in [0.1, 0.15) is 5.82 Å². The van der Waals surface area contributed by atoms with Gasteiger partial charge in [-0.3, -0.25) is 0 Å². The lowest BCUT2D eigenvalue weighted by molar-refractivity contribution is 0.509. The highest BCUT2D eigenvalue weighted by atomic mass is 79.9. The minimum absolute atomic E-state index is 0.00750. The predicted octanol–water partition coefficient (Wildman–Crippen LogP) is 3.63. The molecule has 1 atom stereocenters. The third kappa shape index (κ3) is 3.07. The maximum atomic E-state index is 12.9. The number of halogens is 2. The van der Waals surface area contributed by atoms with Crippen LogP contribution in [0, 0.1) is 11.7 Å². The number of rotatable bonds is 3. The Hall–Kier alpha value is -0.410. The highest BCUT2D eigenvalue weighted by molar-refractivity contribution is 9.10. The van der Waals surface area contributed by atoms with E-state index in [1.165, 1.54) is 6.07 Å². The van der Waals surface area contributed by atoms with Crippen LogP contribution in [0.3, 0.4) is 0 Å². The molecule has 0 fully saturated rings. The Morgan fingerprint density at radius 3 is 2.57 bits per heavy atom. The quantitative estimate of drug-likeness (QED) is 0.882. The van der Waals surface area contributed by atoms with Crippen LogP contribution < -0.4 is 5.73 Å². The van der Waals surface area contributed by atoms with Crippen LogP contribution in [0.15, 0.2) is 22.7 Å². The van der Waals surface area contributed by atoms with Gasteiger partial charge in [0, 0.05) is 6.04 Å². The number of hydrogen-bond acceptors (Lipinski definition) is 1. The normalized spacial score (nSPS) is 13.3. The van der Waals surface area contributed by atoms with Gasteiger partial charge in [-0.05, 0) is 46.0 Å². The lowest BCUT2D eigenvalue weighted by atomic mass is 9.98. The van der Waals surface area contributed by atoms with Crippen molar-refractivity contribution in [3.63, 3.8) is 0 Å². The van der Waals surface area contributed by atoms with Crippen molar-refractivity contribution in [3.05, 3.63) is 34.1 Å². The standard InChI is InChI=1S/C11H15BrFN/c1-7(2)5-11(14)8-3-4-10(13)9(12)6-8/h3-4,6-7,11H,5,14H2,1-2H3/t11-/m0/s1. The van der Waals surface area contributed by atoms with Crippen molar-refractivity contribution in [2.75, 3.05) is 0 Å². The molecule has 1 rings (SSSR count). The molecule has 0 spiro atoms. The second-order valence-electron chi connectivity index (χ2n) is 3.91. The molecule has 0 amide bonds. The van der Waals surface area contributed by atoms with Crippen LogP contribution in [0.2, 0.25) is 0 Å². The summed E-state index contributed by atoms with van der Waals surface area (Å²) in [5.74, 6) is 0.305. The van der Waals surface area contributed by atoms with Gasteiger partial charge in [0.2, 0.25) is 0 Å². The lowest BCUT2D eigenvalue weighted by Crippen LogP contribution is -2.12. The van der Waals surface area contributed by atoms with Gasteiger partial charge in [-0.15, -0.1) is 0 Å². The summed E-state index contributed by atoms with van der Waals surface area (Å²) in [6, 6.07) is 4.93. The zero-order valence-electron chi connectivity index (χ0n) is 8.43. The van der Waals surface area contributed by atoms with E-state index in [9.17, 15) is 4.39 Å². The van der Waals surface area contributed by atoms with Crippen LogP contribution in [0.25, 0.3) is 0 Å². The van der Waals surface area contributed by atoms with E-state index in [1.807, 2.05) is 0 Å². The summed E-state index contributed by atoms with van der Waals surface area (Å²) in [7, 11) is 0. The number of nitrogens with two attached hydrogens (primary N) is 1. The third-order valence-corrected chi connectivity index (χ3v) is 2.70. The summed E-state index contributed by atoms with van der Waals surface area (Å²) < 4.78 is 13.4. The maximum Gasteiger partial charge on any atom is 0.137 e. The summed E-state index contributed by atoms with van der Waals surface area (Å²) in [5, 5.41) is 0. The van der Waals surface area contributed by atoms with Gasteiger partial charge in [-0.25, -0.2) is 4.39 Å². The molecular weight excluding hydrogens is 245 g/mol. The molecule has 1 nitrogen and oxygen atoms in total. The molecule has 3 heteroatoms. The van der Waals surface area contributed by atoms with Crippen LogP contribution in [-0.4, -0.2) is 0 Å². The van der Waals surface area contributed by atoms with Crippen molar-refractivity contribution in [2.45, 2.75) is 26.3 Å². The first-order chi connectivity index (χ1) is 6.50. The van der Waals surface area contributed by atoms with E-state index in [1.54, 1.807) is 12.1 Å². The van der Waals surface area contributed by atoms with Gasteiger partial charge in [-0.1, -0.05) is 19.9 Å². The molecule has 0 aliphatic heterocycles. The molecule has 0 aliphatic carbocycles. The molecule has 14 heavy (non-hydrogen) atoms. The highest BCUT2D eigenvalue weighted by Crippen LogP contribution is 2.23. The van der Waals surface area contributed by atoms with Crippen LogP contribution >= 0.6 is 15.9 Å². The Morgan fingerprint density at radius 2 is 2.07 bits per heavy atom. The van der Waals surface area contributed by atoms with Gasteiger partial charge < -0.3 is 5.73 Å². The summed E-state index contributed by atoms with van der Waals surface area (Å²) >= 11 is 3.15. The summed E-state index contributed by atoms with van der Waals surface area (Å²) in [5.41, 5.74) is 6.95. The predicted molar refractivity (Wildman–Crippen MR) is 60.5 cm³/mol. The Labute approximate surface area is 92.6 Å². The minimum atomic E-state index is -0.245. The first-order valence-electron chi connectivity index (χ1n) is 4.71. The summed E-state index contributed by atoms with van der Waals surface area (Å²) in [6.07, 6.45) is 0.915. The topological polar surface area (TPSA) is 26.0 Å². The average molecular weight is 260 g/mol. The van der Waals surface area contributed by atoms with Gasteiger partial charge in [-0.2, -0.15) is 0 Å². The largest absolute Gasteiger partial charge is 0.324 e. The van der Waals surface area contributed by atoms with Crippen LogP contribution in [0.5, 0.6) is 0 Å². The van der Waals surface area contributed by atoms with Crippen molar-refractivity contribution < 1.29 is 4.39 Å². The Kier molecular flexibility index (Phi) is 4.08. The molecule has 0 unspecified atom stereocenters. The SMILES string of the molecule is CC(C)C[C@H](N)c1ccc(F)c(Br)c1. The lowest BCUT2D eigenvalue weighted by Gasteiger charge is -2.14. The Morgan fingerprint density at radius 1 is 1.43 bits per heavy atom. The third-order valence-electron chi connectivity index (χ3n) is 2.10. The Balaban J connectivity index is 2.80. The van der Waals surface area contributed by atoms with Gasteiger partial charge >= 0.3 is 0 Å². The molecule has 0 bridgehead atoms. The molecule has 2 N–H and O–H groups in total. The highest BCUT2D eigenvalue weighted by Gasteiger charge is 2.09. The summed E-state index contributed by atoms with van der Waals surface area (Å²) in [4.78, 5) is 0. The van der Waals surface area contributed by atoms with Crippen molar-refractivity contribution >= 4 is 15.9 Å². The smallest absolute Gasteiger partial charge is 0.137 e. The molecular formula is C11H15BrFN. The second-order valence-corrected chi connectivity index (χ2v) is 4.76. The first kappa shape index (κ1) is 11.7. The molecule has 78 valence electrons. The molecule has 0 heterocycles. The molecule has 0 saturated carbocycles. The van der Waals surface area contributed by atoms with Crippen LogP contribution in [-0.2, 0) is 0 Å². The monoisotopic (exact) mass is 259 g/mol. The Bertz CT molecular complexity index is 312. The molecule has 0 aliphatic rings. The fraction of sp³-hybridized carbons (Fsp3) is 0.455. The van der Waals surface area contributed by atoms with E-state index >= 15 is 0 Å². The van der Waals surface area contributed by atoms with E-state index in [0.717, 1.165) is 12.0 Å². The van der Waals surface area contributed by atoms with E-state index in [4.69, 9.17) is 5.73 Å². The van der Waals surface area contributed by atoms with Gasteiger partial charge in [0.05, 0.1) is 4.47 Å². The van der Waals surface area contributed by atoms with E-state index < -0.39 is 0 Å². The molecule has 1 aromatic rings. The zero-order valence-corrected chi connectivity index (χ0v) is 10.0. The zero-order chi connectivity index (χ0) is 10.7. The van der Waals surface area contributed by atoms with Crippen molar-refractivity contribution in [1.82, 2.24) is 0 Å². The van der Waals surface area contributed by atoms with Crippen LogP contribution in [0.1, 0.15) is 31.9 Å². The number of benzene rings is 1. The van der Waals surface area contributed by atoms with Crippen molar-refractivity contribution in [3.8, 4) is 0 Å².